The zero-order valence-corrected chi connectivity index (χ0v) is 15.0. The van der Waals surface area contributed by atoms with E-state index in [-0.39, 0.29) is 0 Å². The molecule has 0 bridgehead atoms. The molecule has 5 fully saturated rings. The van der Waals surface area contributed by atoms with Crippen molar-refractivity contribution in [3.05, 3.63) is 0 Å². The highest BCUT2D eigenvalue weighted by molar-refractivity contribution is 5.20. The van der Waals surface area contributed by atoms with Crippen LogP contribution in [-0.4, -0.2) is 53.5 Å². The van der Waals surface area contributed by atoms with Crippen molar-refractivity contribution in [1.29, 1.82) is 5.26 Å². The van der Waals surface area contributed by atoms with Gasteiger partial charge in [-0.25, -0.2) is 0 Å². The van der Waals surface area contributed by atoms with E-state index in [1.54, 1.807) is 0 Å². The molecule has 26 heavy (non-hydrogen) atoms. The lowest BCUT2D eigenvalue weighted by molar-refractivity contribution is -0.266. The Kier molecular flexibility index (Phi) is 4.09. The van der Waals surface area contributed by atoms with Gasteiger partial charge in [0.1, 0.15) is 18.3 Å². The molecule has 0 amide bonds. The minimum atomic E-state index is -1.79. The fourth-order valence-electron chi connectivity index (χ4n) is 5.30. The molecule has 3 heterocycles. The van der Waals surface area contributed by atoms with Gasteiger partial charge in [-0.1, -0.05) is 12.8 Å². The zero-order chi connectivity index (χ0) is 17.8. The maximum atomic E-state index is 11.2. The first-order valence-corrected chi connectivity index (χ1v) is 10.0. The van der Waals surface area contributed by atoms with Crippen LogP contribution < -0.4 is 0 Å². The Hall–Kier alpha value is -0.750. The van der Waals surface area contributed by atoms with Gasteiger partial charge in [-0.3, -0.25) is 0 Å². The van der Waals surface area contributed by atoms with E-state index in [0.717, 1.165) is 57.8 Å². The third-order valence-corrected chi connectivity index (χ3v) is 6.69. The summed E-state index contributed by atoms with van der Waals surface area (Å²) in [6.07, 6.45) is 6.95. The number of nitrogens with zero attached hydrogens (tertiary/aromatic N) is 1. The van der Waals surface area contributed by atoms with E-state index in [0.29, 0.717) is 6.61 Å². The first-order valence-electron chi connectivity index (χ1n) is 10.0. The summed E-state index contributed by atoms with van der Waals surface area (Å²) in [6, 6.07) is 2.04. The average Bonchev–Trinajstić information content (AvgIpc) is 3.29. The van der Waals surface area contributed by atoms with Crippen LogP contribution >= 0.6 is 0 Å². The number of nitriles is 1. The predicted octanol–water partition coefficient (Wildman–Crippen LogP) is 2.12. The van der Waals surface area contributed by atoms with Crippen molar-refractivity contribution in [2.75, 3.05) is 6.61 Å². The third kappa shape index (κ3) is 2.55. The predicted molar refractivity (Wildman–Crippen MR) is 87.6 cm³/mol. The van der Waals surface area contributed by atoms with Crippen LogP contribution in [-0.2, 0) is 23.7 Å². The smallest absolute Gasteiger partial charge is 0.211 e. The van der Waals surface area contributed by atoms with Crippen molar-refractivity contribution in [3.63, 3.8) is 0 Å². The van der Waals surface area contributed by atoms with Crippen molar-refractivity contribution >= 4 is 0 Å². The topological polar surface area (TPSA) is 90.2 Å². The van der Waals surface area contributed by atoms with Crippen LogP contribution in [0.25, 0.3) is 0 Å². The molecule has 0 aromatic carbocycles. The first kappa shape index (κ1) is 17.4. The van der Waals surface area contributed by atoms with Gasteiger partial charge in [0.15, 0.2) is 24.0 Å². The highest BCUT2D eigenvalue weighted by atomic mass is 16.8. The lowest BCUT2D eigenvalue weighted by Gasteiger charge is -2.36. The lowest BCUT2D eigenvalue weighted by atomic mass is 9.90. The summed E-state index contributed by atoms with van der Waals surface area (Å²) in [6.45, 7) is 0.319. The second kappa shape index (κ2) is 6.13. The maximum Gasteiger partial charge on any atom is 0.211 e. The quantitative estimate of drug-likeness (QED) is 0.712. The molecule has 5 atom stereocenters. The number of aliphatic hydroxyl groups is 1. The summed E-state index contributed by atoms with van der Waals surface area (Å²) < 4.78 is 30.4. The molecular weight excluding hydrogens is 338 g/mol. The fraction of sp³-hybridized carbons (Fsp3) is 0.947. The van der Waals surface area contributed by atoms with Crippen LogP contribution in [0.2, 0.25) is 0 Å². The molecular formula is C19H27NO6. The van der Waals surface area contributed by atoms with Crippen LogP contribution in [0.3, 0.4) is 0 Å². The molecule has 0 aromatic heterocycles. The Morgan fingerprint density at radius 1 is 0.808 bits per heavy atom. The average molecular weight is 365 g/mol. The summed E-state index contributed by atoms with van der Waals surface area (Å²) >= 11 is 0. The van der Waals surface area contributed by atoms with E-state index in [1.165, 1.54) is 6.42 Å². The zero-order valence-electron chi connectivity index (χ0n) is 15.0. The van der Waals surface area contributed by atoms with E-state index < -0.39 is 41.8 Å². The molecule has 144 valence electrons. The largest absolute Gasteiger partial charge is 0.371 e. The summed E-state index contributed by atoms with van der Waals surface area (Å²) in [5.41, 5.74) is -1.79. The number of ether oxygens (including phenoxy) is 5. The fourth-order valence-corrected chi connectivity index (χ4v) is 5.30. The van der Waals surface area contributed by atoms with Crippen LogP contribution in [0, 0.1) is 11.3 Å². The number of hydrogen-bond donors (Lipinski definition) is 1. The molecule has 7 nitrogen and oxygen atoms in total. The van der Waals surface area contributed by atoms with E-state index in [1.807, 2.05) is 6.07 Å². The van der Waals surface area contributed by atoms with Crippen LogP contribution in [0.15, 0.2) is 0 Å². The monoisotopic (exact) mass is 365 g/mol. The van der Waals surface area contributed by atoms with E-state index in [9.17, 15) is 10.4 Å². The number of hydrogen-bond acceptors (Lipinski definition) is 7. The Balaban J connectivity index is 1.33. The molecule has 5 aliphatic rings. The van der Waals surface area contributed by atoms with Crippen molar-refractivity contribution in [2.24, 2.45) is 0 Å². The second-order valence-corrected chi connectivity index (χ2v) is 8.43. The van der Waals surface area contributed by atoms with Gasteiger partial charge < -0.3 is 28.8 Å². The van der Waals surface area contributed by atoms with Crippen molar-refractivity contribution < 1.29 is 28.8 Å². The van der Waals surface area contributed by atoms with E-state index in [4.69, 9.17) is 23.7 Å². The van der Waals surface area contributed by atoms with Gasteiger partial charge in [-0.2, -0.15) is 5.26 Å². The van der Waals surface area contributed by atoms with Crippen molar-refractivity contribution in [1.82, 2.24) is 0 Å². The molecule has 7 heteroatoms. The summed E-state index contributed by atoms with van der Waals surface area (Å²) in [5.74, 6) is -1.28. The van der Waals surface area contributed by atoms with E-state index in [2.05, 4.69) is 0 Å². The standard InChI is InChI=1S/C19H27NO6/c20-12-19(21)14(13-11-22-17(24-13)7-3-1-4-8-17)23-16-15(19)25-18(26-16)9-5-2-6-10-18/h13-16,21H,1-11H2/t13-,14+,15-,16+,19+/m0/s1. The maximum absolute atomic E-state index is 11.2. The SMILES string of the molecule is N#C[C@@]1(O)[C@@H]([C@@H]2COC3(CCCCC3)O2)O[C@@H]2OC3(CCCCC3)O[C@@H]21. The van der Waals surface area contributed by atoms with Crippen molar-refractivity contribution in [3.8, 4) is 6.07 Å². The second-order valence-electron chi connectivity index (χ2n) is 8.43. The Morgan fingerprint density at radius 2 is 1.46 bits per heavy atom. The van der Waals surface area contributed by atoms with Gasteiger partial charge in [0.05, 0.1) is 6.61 Å². The minimum absolute atomic E-state index is 0.319. The summed E-state index contributed by atoms with van der Waals surface area (Å²) in [5, 5.41) is 20.9. The van der Waals surface area contributed by atoms with Gasteiger partial charge in [0.2, 0.25) is 5.60 Å². The van der Waals surface area contributed by atoms with Gasteiger partial charge in [-0.05, 0) is 25.7 Å². The highest BCUT2D eigenvalue weighted by Gasteiger charge is 2.68. The Morgan fingerprint density at radius 3 is 2.12 bits per heavy atom. The molecule has 3 aliphatic heterocycles. The van der Waals surface area contributed by atoms with Gasteiger partial charge in [-0.15, -0.1) is 0 Å². The van der Waals surface area contributed by atoms with Gasteiger partial charge in [0.25, 0.3) is 0 Å². The number of fused-ring (bicyclic) bond motifs is 1. The molecule has 2 aliphatic carbocycles. The highest BCUT2D eigenvalue weighted by Crippen LogP contribution is 2.50. The molecule has 0 radical (unpaired) electrons. The van der Waals surface area contributed by atoms with Crippen LogP contribution in [0.5, 0.6) is 0 Å². The molecule has 2 spiro atoms. The van der Waals surface area contributed by atoms with Gasteiger partial charge in [0, 0.05) is 25.7 Å². The molecule has 2 saturated carbocycles. The lowest BCUT2D eigenvalue weighted by Crippen LogP contribution is -2.53. The third-order valence-electron chi connectivity index (χ3n) is 6.69. The van der Waals surface area contributed by atoms with Crippen LogP contribution in [0.1, 0.15) is 64.2 Å². The molecule has 3 saturated heterocycles. The van der Waals surface area contributed by atoms with Crippen LogP contribution in [0.4, 0.5) is 0 Å². The molecule has 0 aromatic rings. The summed E-state index contributed by atoms with van der Waals surface area (Å²) in [7, 11) is 0. The Bertz CT molecular complexity index is 593. The van der Waals surface area contributed by atoms with E-state index >= 15 is 0 Å². The summed E-state index contributed by atoms with van der Waals surface area (Å²) in [4.78, 5) is 0. The minimum Gasteiger partial charge on any atom is -0.371 e. The molecule has 5 rings (SSSR count). The van der Waals surface area contributed by atoms with Crippen molar-refractivity contribution in [2.45, 2.75) is 106 Å². The molecule has 0 unspecified atom stereocenters. The molecule has 1 N–H and O–H groups in total. The first-order chi connectivity index (χ1) is 12.6. The Labute approximate surface area is 153 Å². The normalized spacial score (nSPS) is 46.5. The number of rotatable bonds is 1. The van der Waals surface area contributed by atoms with Gasteiger partial charge >= 0.3 is 0 Å².